The van der Waals surface area contributed by atoms with Crippen molar-refractivity contribution in [2.45, 2.75) is 51.5 Å². The number of carbonyl (C=O) groups is 1. The Labute approximate surface area is 126 Å². The fourth-order valence-corrected chi connectivity index (χ4v) is 3.60. The lowest BCUT2D eigenvalue weighted by molar-refractivity contribution is -0.139. The SMILES string of the molecule is CSCC(C)N(C)C(=O)C1(C(N)=NO)CCCCCC1. The van der Waals surface area contributed by atoms with E-state index >= 15 is 0 Å². The molecule has 1 unspecified atom stereocenters. The summed E-state index contributed by atoms with van der Waals surface area (Å²) in [4.78, 5) is 14.7. The predicted molar refractivity (Wildman–Crippen MR) is 84.2 cm³/mol. The fraction of sp³-hybridized carbons (Fsp3) is 0.857. The molecule has 0 heterocycles. The van der Waals surface area contributed by atoms with Crippen molar-refractivity contribution in [2.24, 2.45) is 16.3 Å². The molecular weight excluding hydrogens is 274 g/mol. The van der Waals surface area contributed by atoms with Gasteiger partial charge in [-0.1, -0.05) is 30.8 Å². The van der Waals surface area contributed by atoms with E-state index < -0.39 is 5.41 Å². The summed E-state index contributed by atoms with van der Waals surface area (Å²) in [7, 11) is 1.82. The highest BCUT2D eigenvalue weighted by Gasteiger charge is 2.45. The van der Waals surface area contributed by atoms with Crippen LogP contribution in [0.2, 0.25) is 0 Å². The number of hydrogen-bond acceptors (Lipinski definition) is 4. The van der Waals surface area contributed by atoms with Crippen LogP contribution in [0.5, 0.6) is 0 Å². The number of nitrogens with zero attached hydrogens (tertiary/aromatic N) is 2. The van der Waals surface area contributed by atoms with E-state index in [1.165, 1.54) is 0 Å². The summed E-state index contributed by atoms with van der Waals surface area (Å²) in [5, 5.41) is 12.3. The molecule has 0 aromatic carbocycles. The van der Waals surface area contributed by atoms with Crippen LogP contribution >= 0.6 is 11.8 Å². The molecule has 1 atom stereocenters. The van der Waals surface area contributed by atoms with Crippen LogP contribution in [-0.2, 0) is 4.79 Å². The van der Waals surface area contributed by atoms with Gasteiger partial charge in [0.05, 0.1) is 0 Å². The van der Waals surface area contributed by atoms with Crippen LogP contribution in [-0.4, -0.2) is 46.9 Å². The third-order valence-corrected chi connectivity index (χ3v) is 5.17. The summed E-state index contributed by atoms with van der Waals surface area (Å²) in [6.45, 7) is 2.03. The lowest BCUT2D eigenvalue weighted by Crippen LogP contribution is -2.52. The molecule has 3 N–H and O–H groups in total. The molecule has 1 saturated carbocycles. The van der Waals surface area contributed by atoms with Gasteiger partial charge in [-0.15, -0.1) is 0 Å². The predicted octanol–water partition coefficient (Wildman–Crippen LogP) is 2.28. The number of amidine groups is 1. The van der Waals surface area contributed by atoms with Gasteiger partial charge < -0.3 is 15.8 Å². The third-order valence-electron chi connectivity index (χ3n) is 4.35. The topological polar surface area (TPSA) is 78.9 Å². The molecule has 20 heavy (non-hydrogen) atoms. The van der Waals surface area contributed by atoms with Crippen molar-refractivity contribution in [2.75, 3.05) is 19.1 Å². The lowest BCUT2D eigenvalue weighted by atomic mass is 9.77. The van der Waals surface area contributed by atoms with E-state index in [-0.39, 0.29) is 17.8 Å². The number of thioether (sulfide) groups is 1. The number of amides is 1. The van der Waals surface area contributed by atoms with Gasteiger partial charge in [0.15, 0.2) is 5.84 Å². The minimum Gasteiger partial charge on any atom is -0.409 e. The van der Waals surface area contributed by atoms with E-state index in [1.54, 1.807) is 16.7 Å². The fourth-order valence-electron chi connectivity index (χ4n) is 2.90. The minimum absolute atomic E-state index is 0.00347. The van der Waals surface area contributed by atoms with Crippen molar-refractivity contribution in [1.29, 1.82) is 0 Å². The van der Waals surface area contributed by atoms with Crippen LogP contribution in [0, 0.1) is 5.41 Å². The molecule has 1 fully saturated rings. The van der Waals surface area contributed by atoms with Gasteiger partial charge in [0, 0.05) is 18.8 Å². The Morgan fingerprint density at radius 3 is 2.40 bits per heavy atom. The maximum atomic E-state index is 12.9. The molecule has 116 valence electrons. The molecule has 0 radical (unpaired) electrons. The van der Waals surface area contributed by atoms with Crippen molar-refractivity contribution >= 4 is 23.5 Å². The monoisotopic (exact) mass is 301 g/mol. The van der Waals surface area contributed by atoms with Gasteiger partial charge in [0.2, 0.25) is 5.91 Å². The summed E-state index contributed by atoms with van der Waals surface area (Å²) in [5.41, 5.74) is 5.10. The molecule has 0 spiro atoms. The van der Waals surface area contributed by atoms with E-state index in [4.69, 9.17) is 10.9 Å². The molecule has 5 nitrogen and oxygen atoms in total. The molecule has 0 aliphatic heterocycles. The van der Waals surface area contributed by atoms with Crippen LogP contribution in [0.3, 0.4) is 0 Å². The highest BCUT2D eigenvalue weighted by atomic mass is 32.2. The van der Waals surface area contributed by atoms with Crippen molar-refractivity contribution in [3.8, 4) is 0 Å². The zero-order chi connectivity index (χ0) is 15.2. The summed E-state index contributed by atoms with van der Waals surface area (Å²) in [6.07, 6.45) is 7.50. The average Bonchev–Trinajstić information content (AvgIpc) is 2.71. The summed E-state index contributed by atoms with van der Waals surface area (Å²) < 4.78 is 0. The Bertz CT molecular complexity index is 352. The third kappa shape index (κ3) is 3.59. The molecule has 1 amide bonds. The number of carbonyl (C=O) groups excluding carboxylic acids is 1. The van der Waals surface area contributed by atoms with Crippen molar-refractivity contribution < 1.29 is 10.0 Å². The highest BCUT2D eigenvalue weighted by Crippen LogP contribution is 2.37. The van der Waals surface area contributed by atoms with Gasteiger partial charge in [-0.2, -0.15) is 11.8 Å². The summed E-state index contributed by atoms with van der Waals surface area (Å²) in [5.74, 6) is 0.956. The van der Waals surface area contributed by atoms with Gasteiger partial charge in [-0.05, 0) is 26.0 Å². The van der Waals surface area contributed by atoms with Crippen LogP contribution in [0.4, 0.5) is 0 Å². The molecule has 0 bridgehead atoms. The van der Waals surface area contributed by atoms with Gasteiger partial charge in [0.1, 0.15) is 5.41 Å². The van der Waals surface area contributed by atoms with Crippen molar-refractivity contribution in [3.63, 3.8) is 0 Å². The van der Waals surface area contributed by atoms with Gasteiger partial charge in [0.25, 0.3) is 0 Å². The number of rotatable bonds is 5. The minimum atomic E-state index is -0.813. The molecule has 1 aliphatic rings. The molecular formula is C14H27N3O2S. The lowest BCUT2D eigenvalue weighted by Gasteiger charge is -2.36. The first-order valence-corrected chi connectivity index (χ1v) is 8.63. The zero-order valence-electron chi connectivity index (χ0n) is 12.8. The van der Waals surface area contributed by atoms with Crippen LogP contribution in [0.25, 0.3) is 0 Å². The maximum Gasteiger partial charge on any atom is 0.236 e. The largest absolute Gasteiger partial charge is 0.409 e. The van der Waals surface area contributed by atoms with E-state index in [2.05, 4.69) is 5.16 Å². The van der Waals surface area contributed by atoms with Crippen molar-refractivity contribution in [1.82, 2.24) is 4.90 Å². The smallest absolute Gasteiger partial charge is 0.236 e. The second-order valence-electron chi connectivity index (χ2n) is 5.70. The Morgan fingerprint density at radius 2 is 1.95 bits per heavy atom. The Morgan fingerprint density at radius 1 is 1.40 bits per heavy atom. The number of nitrogens with two attached hydrogens (primary N) is 1. The van der Waals surface area contributed by atoms with E-state index in [9.17, 15) is 4.79 Å². The Balaban J connectivity index is 3.01. The molecule has 0 aromatic rings. The van der Waals surface area contributed by atoms with Gasteiger partial charge in [-0.25, -0.2) is 0 Å². The molecule has 6 heteroatoms. The van der Waals surface area contributed by atoms with Gasteiger partial charge >= 0.3 is 0 Å². The highest BCUT2D eigenvalue weighted by molar-refractivity contribution is 7.98. The number of oxime groups is 1. The first-order chi connectivity index (χ1) is 9.49. The maximum absolute atomic E-state index is 12.9. The first kappa shape index (κ1) is 17.1. The Hall–Kier alpha value is -0.910. The zero-order valence-corrected chi connectivity index (χ0v) is 13.6. The molecule has 1 rings (SSSR count). The summed E-state index contributed by atoms with van der Waals surface area (Å²) >= 11 is 1.71. The van der Waals surface area contributed by atoms with Crippen LogP contribution in [0.15, 0.2) is 5.16 Å². The van der Waals surface area contributed by atoms with E-state index in [0.29, 0.717) is 12.8 Å². The normalized spacial score (nSPS) is 21.1. The molecule has 1 aliphatic carbocycles. The number of hydrogen-bond donors (Lipinski definition) is 2. The van der Waals surface area contributed by atoms with E-state index in [0.717, 1.165) is 31.4 Å². The second kappa shape index (κ2) is 7.76. The quantitative estimate of drug-likeness (QED) is 0.268. The Kier molecular flexibility index (Phi) is 6.65. The molecule has 0 saturated heterocycles. The standard InChI is InChI=1S/C14H27N3O2S/c1-11(10-20-3)17(2)13(18)14(12(15)16-19)8-6-4-5-7-9-14/h11,19H,4-10H2,1-3H3,(H2,15,16). The van der Waals surface area contributed by atoms with Crippen molar-refractivity contribution in [3.05, 3.63) is 0 Å². The van der Waals surface area contributed by atoms with Gasteiger partial charge in [-0.3, -0.25) is 4.79 Å². The summed E-state index contributed by atoms with van der Waals surface area (Å²) in [6, 6.07) is 0.143. The second-order valence-corrected chi connectivity index (χ2v) is 6.61. The first-order valence-electron chi connectivity index (χ1n) is 7.24. The van der Waals surface area contributed by atoms with E-state index in [1.807, 2.05) is 20.2 Å². The van der Waals surface area contributed by atoms with Crippen LogP contribution in [0.1, 0.15) is 45.4 Å². The average molecular weight is 301 g/mol. The van der Waals surface area contributed by atoms with Crippen LogP contribution < -0.4 is 5.73 Å². The molecule has 0 aromatic heterocycles.